The van der Waals surface area contributed by atoms with E-state index in [9.17, 15) is 13.2 Å². The van der Waals surface area contributed by atoms with Crippen LogP contribution in [0.25, 0.3) is 27.5 Å². The first-order valence-corrected chi connectivity index (χ1v) is 11.4. The number of fused-ring (bicyclic) bond motifs is 3. The van der Waals surface area contributed by atoms with E-state index in [1.165, 1.54) is 12.1 Å². The molecule has 0 radical (unpaired) electrons. The summed E-state index contributed by atoms with van der Waals surface area (Å²) in [5, 5.41) is 13.2. The molecule has 2 aromatic heterocycles. The van der Waals surface area contributed by atoms with Crippen molar-refractivity contribution in [2.24, 2.45) is 5.10 Å². The quantitative estimate of drug-likeness (QED) is 0.166. The molecule has 8 nitrogen and oxygen atoms in total. The third-order valence-electron chi connectivity index (χ3n) is 5.56. The molecule has 37 heavy (non-hydrogen) atoms. The van der Waals surface area contributed by atoms with E-state index in [0.29, 0.717) is 27.9 Å². The predicted octanol–water partition coefficient (Wildman–Crippen LogP) is 6.00. The van der Waals surface area contributed by atoms with E-state index in [2.05, 4.69) is 30.7 Å². The van der Waals surface area contributed by atoms with Gasteiger partial charge in [0.1, 0.15) is 23.5 Å². The van der Waals surface area contributed by atoms with E-state index in [1.54, 1.807) is 36.2 Å². The summed E-state index contributed by atoms with van der Waals surface area (Å²) in [4.78, 5) is 4.54. The highest BCUT2D eigenvalue weighted by atomic mass is 32.1. The fourth-order valence-corrected chi connectivity index (χ4v) is 4.05. The van der Waals surface area contributed by atoms with Crippen molar-refractivity contribution >= 4 is 51.0 Å². The number of nitrogens with one attached hydrogen (secondary N) is 2. The molecule has 12 heteroatoms. The van der Waals surface area contributed by atoms with Crippen LogP contribution in [0.2, 0.25) is 0 Å². The number of aryl methyl sites for hydroxylation is 2. The SMILES string of the molecule is Cc1noc(C)c1NC(=S)NN=Cc1ccc2c(ccc3c2ncn3-c2ccc(OC(F)(F)F)cc2)c1. The second-order valence-corrected chi connectivity index (χ2v) is 8.50. The highest BCUT2D eigenvalue weighted by molar-refractivity contribution is 7.80. The topological polar surface area (TPSA) is 89.5 Å². The Morgan fingerprint density at radius 3 is 2.59 bits per heavy atom. The Morgan fingerprint density at radius 1 is 1.11 bits per heavy atom. The molecule has 0 amide bonds. The van der Waals surface area contributed by atoms with Gasteiger partial charge >= 0.3 is 6.36 Å². The number of anilines is 1. The largest absolute Gasteiger partial charge is 0.573 e. The summed E-state index contributed by atoms with van der Waals surface area (Å²) in [6, 6.07) is 15.3. The van der Waals surface area contributed by atoms with Crippen LogP contribution in [-0.4, -0.2) is 32.4 Å². The maximum absolute atomic E-state index is 12.4. The lowest BCUT2D eigenvalue weighted by Gasteiger charge is -2.10. The molecule has 0 unspecified atom stereocenters. The number of benzene rings is 3. The number of rotatable bonds is 5. The van der Waals surface area contributed by atoms with Gasteiger partial charge in [0.2, 0.25) is 0 Å². The summed E-state index contributed by atoms with van der Waals surface area (Å²) in [7, 11) is 0. The third-order valence-corrected chi connectivity index (χ3v) is 5.75. The molecule has 0 aliphatic heterocycles. The second kappa shape index (κ2) is 9.54. The molecule has 5 aromatic rings. The fourth-order valence-electron chi connectivity index (χ4n) is 3.89. The normalized spacial score (nSPS) is 11.9. The van der Waals surface area contributed by atoms with Crippen LogP contribution >= 0.6 is 12.2 Å². The summed E-state index contributed by atoms with van der Waals surface area (Å²) in [5.74, 6) is 0.344. The first-order chi connectivity index (χ1) is 17.7. The Kier molecular flexibility index (Phi) is 6.25. The lowest BCUT2D eigenvalue weighted by molar-refractivity contribution is -0.274. The number of halogens is 3. The summed E-state index contributed by atoms with van der Waals surface area (Å²) in [6.07, 6.45) is -1.45. The Bertz CT molecular complexity index is 1620. The molecule has 2 N–H and O–H groups in total. The van der Waals surface area contributed by atoms with Crippen LogP contribution in [-0.2, 0) is 0 Å². The monoisotopic (exact) mass is 524 g/mol. The van der Waals surface area contributed by atoms with Gasteiger partial charge in [-0.1, -0.05) is 23.4 Å². The van der Waals surface area contributed by atoms with Crippen LogP contribution in [0.4, 0.5) is 18.9 Å². The van der Waals surface area contributed by atoms with Gasteiger partial charge in [0.25, 0.3) is 0 Å². The van der Waals surface area contributed by atoms with E-state index >= 15 is 0 Å². The number of hydrazone groups is 1. The van der Waals surface area contributed by atoms with Gasteiger partial charge in [0, 0.05) is 11.1 Å². The van der Waals surface area contributed by atoms with Crippen molar-refractivity contribution in [2.75, 3.05) is 5.32 Å². The number of nitrogens with zero attached hydrogens (tertiary/aromatic N) is 4. The molecule has 0 aliphatic carbocycles. The van der Waals surface area contributed by atoms with Crippen molar-refractivity contribution in [2.45, 2.75) is 20.2 Å². The fraction of sp³-hybridized carbons (Fsp3) is 0.120. The molecule has 188 valence electrons. The number of alkyl halides is 3. The summed E-state index contributed by atoms with van der Waals surface area (Å²) in [6.45, 7) is 3.59. The standard InChI is InChI=1S/C25H19F3N6O2S/c1-14-22(15(2)36-33-14)31-24(37)32-30-12-16-3-9-20-17(11-16)4-10-21-23(20)29-13-34(21)18-5-7-19(8-6-18)35-25(26,27)28/h3-13H,1-2H3,(H2,31,32,37). The van der Waals surface area contributed by atoms with Crippen LogP contribution in [0.5, 0.6) is 5.75 Å². The minimum atomic E-state index is -4.74. The molecule has 0 saturated carbocycles. The van der Waals surface area contributed by atoms with Crippen LogP contribution in [0.3, 0.4) is 0 Å². The average molecular weight is 525 g/mol. The Hall–Kier alpha value is -4.45. The van der Waals surface area contributed by atoms with Crippen molar-refractivity contribution in [3.63, 3.8) is 0 Å². The number of hydrogen-bond donors (Lipinski definition) is 2. The maximum atomic E-state index is 12.4. The Labute approximate surface area is 213 Å². The number of hydrogen-bond acceptors (Lipinski definition) is 6. The lowest BCUT2D eigenvalue weighted by Crippen LogP contribution is -2.24. The second-order valence-electron chi connectivity index (χ2n) is 8.09. The number of thiocarbonyl (C=S) groups is 1. The Morgan fingerprint density at radius 2 is 1.89 bits per heavy atom. The van der Waals surface area contributed by atoms with E-state index in [1.807, 2.05) is 37.3 Å². The molecule has 0 spiro atoms. The molecule has 0 fully saturated rings. The van der Waals surface area contributed by atoms with Crippen LogP contribution in [0, 0.1) is 13.8 Å². The Balaban J connectivity index is 1.33. The minimum Gasteiger partial charge on any atom is -0.406 e. The first kappa shape index (κ1) is 24.3. The van der Waals surface area contributed by atoms with Crippen molar-refractivity contribution in [1.29, 1.82) is 0 Å². The minimum absolute atomic E-state index is 0.282. The third kappa shape index (κ3) is 5.23. The molecule has 5 rings (SSSR count). The van der Waals surface area contributed by atoms with E-state index in [0.717, 1.165) is 27.4 Å². The molecular weight excluding hydrogens is 505 g/mol. The number of aromatic nitrogens is 3. The summed E-state index contributed by atoms with van der Waals surface area (Å²) in [5.41, 5.74) is 7.25. The zero-order valence-corrected chi connectivity index (χ0v) is 20.3. The zero-order valence-electron chi connectivity index (χ0n) is 19.5. The predicted molar refractivity (Wildman–Crippen MR) is 138 cm³/mol. The van der Waals surface area contributed by atoms with Crippen molar-refractivity contribution in [3.05, 3.63) is 77.9 Å². The summed E-state index contributed by atoms with van der Waals surface area (Å²) >= 11 is 5.27. The molecule has 2 heterocycles. The summed E-state index contributed by atoms with van der Waals surface area (Å²) < 4.78 is 48.2. The lowest BCUT2D eigenvalue weighted by atomic mass is 10.1. The molecule has 0 atom stereocenters. The van der Waals surface area contributed by atoms with Gasteiger partial charge in [-0.05, 0) is 73.4 Å². The smallest absolute Gasteiger partial charge is 0.406 e. The van der Waals surface area contributed by atoms with Crippen molar-refractivity contribution < 1.29 is 22.4 Å². The van der Waals surface area contributed by atoms with Gasteiger partial charge in [0.05, 0.1) is 17.2 Å². The van der Waals surface area contributed by atoms with Gasteiger partial charge in [-0.3, -0.25) is 9.99 Å². The van der Waals surface area contributed by atoms with E-state index in [4.69, 9.17) is 16.7 Å². The van der Waals surface area contributed by atoms with E-state index in [-0.39, 0.29) is 5.75 Å². The molecule has 0 saturated heterocycles. The molecular formula is C25H19F3N6O2S. The highest BCUT2D eigenvalue weighted by Gasteiger charge is 2.31. The maximum Gasteiger partial charge on any atom is 0.573 e. The van der Waals surface area contributed by atoms with Crippen molar-refractivity contribution in [3.8, 4) is 11.4 Å². The van der Waals surface area contributed by atoms with Gasteiger partial charge in [-0.2, -0.15) is 5.10 Å². The molecule has 0 bridgehead atoms. The van der Waals surface area contributed by atoms with Gasteiger partial charge in [-0.25, -0.2) is 4.98 Å². The molecule has 0 aliphatic rings. The number of ether oxygens (including phenoxy) is 1. The van der Waals surface area contributed by atoms with Crippen LogP contribution in [0.1, 0.15) is 17.0 Å². The highest BCUT2D eigenvalue weighted by Crippen LogP contribution is 2.29. The number of imidazole rings is 1. The van der Waals surface area contributed by atoms with Gasteiger partial charge in [-0.15, -0.1) is 13.2 Å². The van der Waals surface area contributed by atoms with Gasteiger partial charge < -0.3 is 14.6 Å². The zero-order chi connectivity index (χ0) is 26.2. The van der Waals surface area contributed by atoms with E-state index < -0.39 is 6.36 Å². The first-order valence-electron chi connectivity index (χ1n) is 11.0. The van der Waals surface area contributed by atoms with Crippen LogP contribution in [0.15, 0.2) is 70.5 Å². The van der Waals surface area contributed by atoms with Gasteiger partial charge in [0.15, 0.2) is 10.9 Å². The van der Waals surface area contributed by atoms with Crippen LogP contribution < -0.4 is 15.5 Å². The average Bonchev–Trinajstić information content (AvgIpc) is 3.42. The van der Waals surface area contributed by atoms with Crippen molar-refractivity contribution in [1.82, 2.24) is 20.1 Å². The molecule has 3 aromatic carbocycles.